The zero-order valence-corrected chi connectivity index (χ0v) is 36.7. The molecule has 1 N–H and O–H groups in total. The summed E-state index contributed by atoms with van der Waals surface area (Å²) in [5.41, 5.74) is 3.94. The summed E-state index contributed by atoms with van der Waals surface area (Å²) in [6, 6.07) is 23.3. The Kier molecular flexibility index (Phi) is 16.5. The fraction of sp³-hybridized carbons (Fsp3) is 0.500. The molecule has 1 radical (unpaired) electrons. The van der Waals surface area contributed by atoms with Gasteiger partial charge in [-0.15, -0.1) is 29.1 Å². The predicted octanol–water partition coefficient (Wildman–Crippen LogP) is 13.4. The van der Waals surface area contributed by atoms with Crippen LogP contribution in [0.4, 0.5) is 13.2 Å². The van der Waals surface area contributed by atoms with Gasteiger partial charge in [-0.25, -0.2) is 0 Å². The molecule has 0 bridgehead atoms. The van der Waals surface area contributed by atoms with Crippen LogP contribution in [0.15, 0.2) is 72.5 Å². The number of aliphatic hydroxyl groups is 1. The van der Waals surface area contributed by atoms with Crippen molar-refractivity contribution in [3.8, 4) is 22.4 Å². The van der Waals surface area contributed by atoms with Crippen molar-refractivity contribution in [1.82, 2.24) is 10.2 Å². The van der Waals surface area contributed by atoms with Crippen LogP contribution in [0, 0.1) is 23.3 Å². The van der Waals surface area contributed by atoms with Crippen LogP contribution in [0.2, 0.25) is 0 Å². The first-order chi connectivity index (χ1) is 24.6. The SMILES string of the molecule is CC(C)(C)c1nnc(-c2[c-]c3ccccc3c(C(C)(C)C)c2)cc1-c1ccc(CC(C)(C)C(F)(F)F)cc1.CCC(CC)C(=O)/C=C(\O)C(CC)CC.[Ir]. The van der Waals surface area contributed by atoms with Gasteiger partial charge in [0.1, 0.15) is 0 Å². The number of halogens is 3. The molecule has 0 aliphatic heterocycles. The molecule has 0 amide bonds. The van der Waals surface area contributed by atoms with E-state index in [1.54, 1.807) is 12.1 Å². The summed E-state index contributed by atoms with van der Waals surface area (Å²) in [7, 11) is 0. The molecule has 1 aromatic heterocycles. The Morgan fingerprint density at radius 1 is 0.778 bits per heavy atom. The quantitative estimate of drug-likeness (QED) is 0.0925. The zero-order chi connectivity index (χ0) is 39.9. The molecule has 4 rings (SSSR count). The summed E-state index contributed by atoms with van der Waals surface area (Å²) in [6.45, 7) is 23.4. The number of nitrogens with zero attached hydrogens (tertiary/aromatic N) is 2. The van der Waals surface area contributed by atoms with Gasteiger partial charge in [-0.2, -0.15) is 23.4 Å². The van der Waals surface area contributed by atoms with Crippen LogP contribution >= 0.6 is 0 Å². The fourth-order valence-electron chi connectivity index (χ4n) is 6.48. The predicted molar refractivity (Wildman–Crippen MR) is 214 cm³/mol. The standard InChI is InChI=1S/C33H36F3N2.C13H24O2.Ir/c1-30(2,3)27-18-24(17-23-11-9-10-12-25(23)27)28-19-26(29(38-37-28)31(4,5)6)22-15-13-21(14-16-22)20-32(7,8)33(34,35)36;1-5-10(6-2)12(14)9-13(15)11(7-3)8-4;/h9-16,18-19H,20H2,1-8H3;9-11,14H,5-8H2,1-4H3;/q-1;;/b;12-9-;. The van der Waals surface area contributed by atoms with Crippen molar-refractivity contribution in [3.05, 3.63) is 95.4 Å². The molecule has 0 atom stereocenters. The Bertz CT molecular complexity index is 1860. The Morgan fingerprint density at radius 2 is 1.33 bits per heavy atom. The number of allylic oxidation sites excluding steroid dienone is 2. The molecule has 0 spiro atoms. The number of carbonyl (C=O) groups is 1. The molecule has 3 aromatic carbocycles. The number of carbonyl (C=O) groups excluding carboxylic acids is 1. The van der Waals surface area contributed by atoms with Gasteiger partial charge in [0.05, 0.1) is 16.9 Å². The van der Waals surface area contributed by atoms with E-state index in [0.717, 1.165) is 53.5 Å². The van der Waals surface area contributed by atoms with Gasteiger partial charge >= 0.3 is 6.18 Å². The van der Waals surface area contributed by atoms with Crippen LogP contribution in [0.25, 0.3) is 33.2 Å². The van der Waals surface area contributed by atoms with Gasteiger partial charge in [0, 0.05) is 54.7 Å². The van der Waals surface area contributed by atoms with Gasteiger partial charge in [-0.05, 0) is 48.6 Å². The summed E-state index contributed by atoms with van der Waals surface area (Å²) in [5.74, 6) is 0.547. The second-order valence-corrected chi connectivity index (χ2v) is 16.9. The second-order valence-electron chi connectivity index (χ2n) is 16.9. The van der Waals surface area contributed by atoms with Crippen molar-refractivity contribution in [1.29, 1.82) is 0 Å². The smallest absolute Gasteiger partial charge is 0.394 e. The van der Waals surface area contributed by atoms with Crippen LogP contribution in [0.1, 0.15) is 126 Å². The van der Waals surface area contributed by atoms with Crippen molar-refractivity contribution >= 4 is 16.6 Å². The van der Waals surface area contributed by atoms with E-state index in [1.165, 1.54) is 30.9 Å². The molecule has 54 heavy (non-hydrogen) atoms. The fourth-order valence-corrected chi connectivity index (χ4v) is 6.48. The maximum absolute atomic E-state index is 13.4. The average Bonchev–Trinajstić information content (AvgIpc) is 3.07. The molecule has 4 nitrogen and oxygen atoms in total. The Hall–Kier alpha value is -3.35. The van der Waals surface area contributed by atoms with Crippen molar-refractivity contribution in [2.45, 2.75) is 132 Å². The molecule has 0 unspecified atom stereocenters. The number of aliphatic hydroxyl groups excluding tert-OH is 1. The molecule has 0 saturated heterocycles. The maximum atomic E-state index is 13.4. The normalized spacial score (nSPS) is 12.8. The van der Waals surface area contributed by atoms with E-state index in [1.807, 2.05) is 58.0 Å². The first-order valence-electron chi connectivity index (χ1n) is 19.0. The van der Waals surface area contributed by atoms with E-state index in [2.05, 4.69) is 76.0 Å². The molecular weight excluding hydrogens is 862 g/mol. The summed E-state index contributed by atoms with van der Waals surface area (Å²) >= 11 is 0. The van der Waals surface area contributed by atoms with Crippen LogP contribution in [-0.2, 0) is 42.2 Å². The van der Waals surface area contributed by atoms with Gasteiger partial charge in [-0.1, -0.05) is 143 Å². The largest absolute Gasteiger partial charge is 0.512 e. The van der Waals surface area contributed by atoms with Crippen molar-refractivity contribution in [2.75, 3.05) is 0 Å². The first-order valence-corrected chi connectivity index (χ1v) is 19.0. The van der Waals surface area contributed by atoms with Crippen molar-refractivity contribution in [2.24, 2.45) is 17.3 Å². The topological polar surface area (TPSA) is 63.1 Å². The van der Waals surface area contributed by atoms with Crippen LogP contribution < -0.4 is 0 Å². The third-order valence-electron chi connectivity index (χ3n) is 10.1. The van der Waals surface area contributed by atoms with E-state index >= 15 is 0 Å². The minimum absolute atomic E-state index is 0. The van der Waals surface area contributed by atoms with Gasteiger partial charge in [0.15, 0.2) is 5.78 Å². The minimum atomic E-state index is -4.27. The first kappa shape index (κ1) is 46.8. The van der Waals surface area contributed by atoms with Gasteiger partial charge in [-0.3, -0.25) is 4.79 Å². The molecule has 1 heterocycles. The molecule has 0 aliphatic rings. The Morgan fingerprint density at radius 3 is 1.83 bits per heavy atom. The number of aromatic nitrogens is 2. The van der Waals surface area contributed by atoms with Gasteiger partial charge in [0.25, 0.3) is 0 Å². The summed E-state index contributed by atoms with van der Waals surface area (Å²) in [5, 5.41) is 21.2. The molecule has 0 aliphatic carbocycles. The van der Waals surface area contributed by atoms with E-state index in [0.29, 0.717) is 11.3 Å². The number of benzene rings is 3. The van der Waals surface area contributed by atoms with E-state index in [-0.39, 0.29) is 60.7 Å². The number of hydrogen-bond acceptors (Lipinski definition) is 4. The van der Waals surface area contributed by atoms with E-state index < -0.39 is 11.6 Å². The second kappa shape index (κ2) is 19.0. The molecule has 8 heteroatoms. The maximum Gasteiger partial charge on any atom is 0.394 e. The molecule has 4 aromatic rings. The number of hydrogen-bond donors (Lipinski definition) is 1. The van der Waals surface area contributed by atoms with Crippen LogP contribution in [0.5, 0.6) is 0 Å². The number of fused-ring (bicyclic) bond motifs is 1. The zero-order valence-electron chi connectivity index (χ0n) is 34.3. The number of ketones is 1. The van der Waals surface area contributed by atoms with Crippen LogP contribution in [0.3, 0.4) is 0 Å². The number of alkyl halides is 3. The van der Waals surface area contributed by atoms with E-state index in [9.17, 15) is 23.1 Å². The Balaban J connectivity index is 0.000000536. The van der Waals surface area contributed by atoms with Crippen molar-refractivity contribution in [3.63, 3.8) is 0 Å². The summed E-state index contributed by atoms with van der Waals surface area (Å²) in [6.07, 6.45) is 0.561. The summed E-state index contributed by atoms with van der Waals surface area (Å²) in [4.78, 5) is 11.7. The molecule has 297 valence electrons. The van der Waals surface area contributed by atoms with Crippen molar-refractivity contribution < 1.29 is 43.2 Å². The Labute approximate surface area is 335 Å². The average molecular weight is 922 g/mol. The minimum Gasteiger partial charge on any atom is -0.512 e. The van der Waals surface area contributed by atoms with Gasteiger partial charge in [0.2, 0.25) is 0 Å². The number of rotatable bonds is 11. The van der Waals surface area contributed by atoms with Gasteiger partial charge < -0.3 is 5.11 Å². The molecule has 0 fully saturated rings. The molecular formula is C46H60F3IrN2O2-. The van der Waals surface area contributed by atoms with Crippen LogP contribution in [-0.4, -0.2) is 27.3 Å². The molecule has 0 saturated carbocycles. The monoisotopic (exact) mass is 922 g/mol. The van der Waals surface area contributed by atoms with E-state index in [4.69, 9.17) is 0 Å². The third-order valence-corrected chi connectivity index (χ3v) is 10.1. The summed E-state index contributed by atoms with van der Waals surface area (Å²) < 4.78 is 40.3. The third kappa shape index (κ3) is 11.8.